The lowest BCUT2D eigenvalue weighted by Gasteiger charge is -2.12. The molecule has 0 aliphatic rings. The molecule has 0 aromatic rings. The average molecular weight is 188 g/mol. The van der Waals surface area contributed by atoms with E-state index < -0.39 is 6.04 Å². The third-order valence-corrected chi connectivity index (χ3v) is 1.42. The second-order valence-corrected chi connectivity index (χ2v) is 2.71. The molecule has 0 saturated heterocycles. The standard InChI is InChI=1S/C8H16N2O3/c1-6(10-7(2)11)8(12)9-4-5-13-3/h6H,4-5H2,1-3H3,(H,9,12)(H,10,11). The number of hydrogen-bond acceptors (Lipinski definition) is 3. The van der Waals surface area contributed by atoms with E-state index >= 15 is 0 Å². The highest BCUT2D eigenvalue weighted by atomic mass is 16.5. The summed E-state index contributed by atoms with van der Waals surface area (Å²) in [6.07, 6.45) is 0. The first kappa shape index (κ1) is 11.9. The Morgan fingerprint density at radius 3 is 2.54 bits per heavy atom. The van der Waals surface area contributed by atoms with Crippen LogP contribution in [0.3, 0.4) is 0 Å². The van der Waals surface area contributed by atoms with Crippen LogP contribution in [-0.4, -0.2) is 38.1 Å². The molecule has 0 fully saturated rings. The van der Waals surface area contributed by atoms with E-state index in [1.165, 1.54) is 6.92 Å². The molecule has 0 aliphatic carbocycles. The zero-order chi connectivity index (χ0) is 10.3. The first-order valence-electron chi connectivity index (χ1n) is 4.11. The van der Waals surface area contributed by atoms with Gasteiger partial charge in [0.25, 0.3) is 0 Å². The van der Waals surface area contributed by atoms with Gasteiger partial charge in [-0.05, 0) is 6.92 Å². The molecule has 0 spiro atoms. The number of amides is 2. The molecule has 5 heteroatoms. The zero-order valence-electron chi connectivity index (χ0n) is 8.22. The topological polar surface area (TPSA) is 67.4 Å². The molecule has 1 atom stereocenters. The summed E-state index contributed by atoms with van der Waals surface area (Å²) in [5.74, 6) is -0.415. The van der Waals surface area contributed by atoms with Gasteiger partial charge in [-0.2, -0.15) is 0 Å². The number of methoxy groups -OCH3 is 1. The van der Waals surface area contributed by atoms with E-state index in [-0.39, 0.29) is 11.8 Å². The summed E-state index contributed by atoms with van der Waals surface area (Å²) >= 11 is 0. The minimum Gasteiger partial charge on any atom is -0.383 e. The maximum absolute atomic E-state index is 11.2. The second-order valence-electron chi connectivity index (χ2n) is 2.71. The third kappa shape index (κ3) is 6.10. The summed E-state index contributed by atoms with van der Waals surface area (Å²) in [7, 11) is 1.56. The molecule has 2 N–H and O–H groups in total. The van der Waals surface area contributed by atoms with Gasteiger partial charge in [0, 0.05) is 20.6 Å². The second kappa shape index (κ2) is 6.42. The smallest absolute Gasteiger partial charge is 0.242 e. The Balaban J connectivity index is 3.63. The van der Waals surface area contributed by atoms with Crippen LogP contribution in [0.25, 0.3) is 0 Å². The van der Waals surface area contributed by atoms with Gasteiger partial charge in [0.1, 0.15) is 6.04 Å². The van der Waals surface area contributed by atoms with E-state index in [2.05, 4.69) is 10.6 Å². The minimum absolute atomic E-state index is 0.202. The Kier molecular flexibility index (Phi) is 5.88. The lowest BCUT2D eigenvalue weighted by Crippen LogP contribution is -2.44. The quantitative estimate of drug-likeness (QED) is 0.559. The SMILES string of the molecule is COCCNC(=O)C(C)NC(C)=O. The van der Waals surface area contributed by atoms with Crippen molar-refractivity contribution in [3.05, 3.63) is 0 Å². The molecule has 1 unspecified atom stereocenters. The van der Waals surface area contributed by atoms with Gasteiger partial charge in [0.15, 0.2) is 0 Å². The van der Waals surface area contributed by atoms with Gasteiger partial charge < -0.3 is 15.4 Å². The molecule has 0 rings (SSSR count). The summed E-state index contributed by atoms with van der Waals surface area (Å²) in [4.78, 5) is 21.7. The van der Waals surface area contributed by atoms with Crippen LogP contribution in [-0.2, 0) is 14.3 Å². The minimum atomic E-state index is -0.491. The summed E-state index contributed by atoms with van der Waals surface area (Å²) in [5.41, 5.74) is 0. The molecule has 5 nitrogen and oxygen atoms in total. The summed E-state index contributed by atoms with van der Waals surface area (Å²) < 4.78 is 4.75. The van der Waals surface area contributed by atoms with Gasteiger partial charge in [0.05, 0.1) is 6.61 Å². The van der Waals surface area contributed by atoms with Gasteiger partial charge in [-0.1, -0.05) is 0 Å². The predicted molar refractivity (Wildman–Crippen MR) is 48.2 cm³/mol. The van der Waals surface area contributed by atoms with E-state index in [4.69, 9.17) is 4.74 Å². The summed E-state index contributed by atoms with van der Waals surface area (Å²) in [6.45, 7) is 3.93. The Bertz CT molecular complexity index is 182. The van der Waals surface area contributed by atoms with Crippen LogP contribution < -0.4 is 10.6 Å². The van der Waals surface area contributed by atoms with Crippen LogP contribution in [0.2, 0.25) is 0 Å². The van der Waals surface area contributed by atoms with Crippen molar-refractivity contribution < 1.29 is 14.3 Å². The number of hydrogen-bond donors (Lipinski definition) is 2. The highest BCUT2D eigenvalue weighted by Gasteiger charge is 2.11. The van der Waals surface area contributed by atoms with Gasteiger partial charge in [-0.25, -0.2) is 0 Å². The predicted octanol–water partition coefficient (Wildman–Crippen LogP) is -0.726. The molecular formula is C8H16N2O3. The number of ether oxygens (including phenoxy) is 1. The zero-order valence-corrected chi connectivity index (χ0v) is 8.22. The maximum Gasteiger partial charge on any atom is 0.242 e. The van der Waals surface area contributed by atoms with Crippen molar-refractivity contribution in [3.8, 4) is 0 Å². The van der Waals surface area contributed by atoms with Crippen molar-refractivity contribution in [1.29, 1.82) is 0 Å². The molecule has 13 heavy (non-hydrogen) atoms. The van der Waals surface area contributed by atoms with Gasteiger partial charge in [-0.15, -0.1) is 0 Å². The largest absolute Gasteiger partial charge is 0.383 e. The fourth-order valence-corrected chi connectivity index (χ4v) is 0.800. The van der Waals surface area contributed by atoms with Gasteiger partial charge in [-0.3, -0.25) is 9.59 Å². The van der Waals surface area contributed by atoms with E-state index in [9.17, 15) is 9.59 Å². The van der Waals surface area contributed by atoms with Crippen LogP contribution in [0.15, 0.2) is 0 Å². The number of nitrogens with one attached hydrogen (secondary N) is 2. The average Bonchev–Trinajstić information content (AvgIpc) is 2.03. The van der Waals surface area contributed by atoms with Gasteiger partial charge in [0.2, 0.25) is 11.8 Å². The normalized spacial score (nSPS) is 11.9. The van der Waals surface area contributed by atoms with Crippen molar-refractivity contribution in [3.63, 3.8) is 0 Å². The molecule has 0 bridgehead atoms. The Morgan fingerprint density at radius 1 is 1.46 bits per heavy atom. The Morgan fingerprint density at radius 2 is 2.08 bits per heavy atom. The maximum atomic E-state index is 11.2. The van der Waals surface area contributed by atoms with Crippen molar-refractivity contribution >= 4 is 11.8 Å². The number of rotatable bonds is 5. The van der Waals surface area contributed by atoms with Crippen LogP contribution in [0.4, 0.5) is 0 Å². The van der Waals surface area contributed by atoms with Gasteiger partial charge >= 0.3 is 0 Å². The van der Waals surface area contributed by atoms with E-state index in [0.717, 1.165) is 0 Å². The fraction of sp³-hybridized carbons (Fsp3) is 0.750. The first-order chi connectivity index (χ1) is 6.07. The first-order valence-corrected chi connectivity index (χ1v) is 4.11. The lowest BCUT2D eigenvalue weighted by atomic mass is 10.3. The molecule has 0 heterocycles. The van der Waals surface area contributed by atoms with Crippen LogP contribution in [0.5, 0.6) is 0 Å². The molecule has 0 aromatic heterocycles. The highest BCUT2D eigenvalue weighted by Crippen LogP contribution is 1.81. The van der Waals surface area contributed by atoms with Crippen molar-refractivity contribution in [2.75, 3.05) is 20.3 Å². The van der Waals surface area contributed by atoms with E-state index in [1.807, 2.05) is 0 Å². The monoisotopic (exact) mass is 188 g/mol. The molecule has 0 radical (unpaired) electrons. The van der Waals surface area contributed by atoms with E-state index in [0.29, 0.717) is 13.2 Å². The van der Waals surface area contributed by atoms with Crippen LogP contribution >= 0.6 is 0 Å². The molecule has 0 aliphatic heterocycles. The van der Waals surface area contributed by atoms with Crippen LogP contribution in [0, 0.1) is 0 Å². The summed E-state index contributed by atoms with van der Waals surface area (Å²) in [5, 5.41) is 5.09. The molecule has 76 valence electrons. The lowest BCUT2D eigenvalue weighted by molar-refractivity contribution is -0.127. The van der Waals surface area contributed by atoms with Crippen LogP contribution in [0.1, 0.15) is 13.8 Å². The molecule has 0 aromatic carbocycles. The number of carbonyl (C=O) groups is 2. The molecular weight excluding hydrogens is 172 g/mol. The summed E-state index contributed by atoms with van der Waals surface area (Å²) in [6, 6.07) is -0.491. The molecule has 2 amide bonds. The number of carbonyl (C=O) groups excluding carboxylic acids is 2. The van der Waals surface area contributed by atoms with E-state index in [1.54, 1.807) is 14.0 Å². The Hall–Kier alpha value is -1.10. The highest BCUT2D eigenvalue weighted by molar-refractivity contribution is 5.86. The van der Waals surface area contributed by atoms with Crippen molar-refractivity contribution in [1.82, 2.24) is 10.6 Å². The fourth-order valence-electron chi connectivity index (χ4n) is 0.800. The molecule has 0 saturated carbocycles. The third-order valence-electron chi connectivity index (χ3n) is 1.42. The van der Waals surface area contributed by atoms with Crippen molar-refractivity contribution in [2.24, 2.45) is 0 Å². The van der Waals surface area contributed by atoms with Crippen molar-refractivity contribution in [2.45, 2.75) is 19.9 Å². The Labute approximate surface area is 77.8 Å².